The summed E-state index contributed by atoms with van der Waals surface area (Å²) in [5.74, 6) is -2.01. The van der Waals surface area contributed by atoms with E-state index in [9.17, 15) is 19.5 Å². The molecule has 2 atom stereocenters. The van der Waals surface area contributed by atoms with Crippen molar-refractivity contribution in [1.82, 2.24) is 0 Å². The van der Waals surface area contributed by atoms with Crippen molar-refractivity contribution < 1.29 is 42.9 Å². The fraction of sp³-hybridized carbons (Fsp3) is 0.780. The van der Waals surface area contributed by atoms with E-state index < -0.39 is 24.3 Å². The van der Waals surface area contributed by atoms with Crippen LogP contribution in [0.25, 0.3) is 0 Å². The van der Waals surface area contributed by atoms with Crippen LogP contribution in [0.3, 0.4) is 0 Å². The van der Waals surface area contributed by atoms with Gasteiger partial charge >= 0.3 is 17.9 Å². The molecule has 0 aromatic rings. The molecule has 0 saturated heterocycles. The topological polar surface area (TPSA) is 108 Å². The zero-order chi connectivity index (χ0) is 49.9. The molecular formula is C59H106NO8+. The first-order chi connectivity index (χ1) is 33.1. The van der Waals surface area contributed by atoms with Crippen LogP contribution in [-0.4, -0.2) is 87.4 Å². The Kier molecular flexibility index (Phi) is 48.2. The van der Waals surface area contributed by atoms with Crippen molar-refractivity contribution in [3.05, 3.63) is 60.8 Å². The average molecular weight is 957 g/mol. The number of likely N-dealkylation sites (N-methyl/N-ethyl adjacent to an activating group) is 1. The number of quaternary nitrogens is 1. The largest absolute Gasteiger partial charge is 0.477 e. The predicted octanol–water partition coefficient (Wildman–Crippen LogP) is 16.1. The summed E-state index contributed by atoms with van der Waals surface area (Å²) in [6.45, 7) is 4.77. The van der Waals surface area contributed by atoms with Crippen LogP contribution >= 0.6 is 0 Å². The monoisotopic (exact) mass is 957 g/mol. The van der Waals surface area contributed by atoms with Gasteiger partial charge < -0.3 is 28.5 Å². The number of nitrogens with zero attached hydrogens (tertiary/aromatic N) is 1. The highest BCUT2D eigenvalue weighted by Crippen LogP contribution is 2.16. The highest BCUT2D eigenvalue weighted by atomic mass is 16.7. The molecule has 0 rings (SSSR count). The molecule has 0 heterocycles. The Morgan fingerprint density at radius 1 is 0.456 bits per heavy atom. The van der Waals surface area contributed by atoms with Crippen molar-refractivity contribution in [3.63, 3.8) is 0 Å². The fourth-order valence-corrected chi connectivity index (χ4v) is 7.71. The number of carboxylic acid groups (broad SMARTS) is 1. The summed E-state index contributed by atoms with van der Waals surface area (Å²) in [5.41, 5.74) is 0. The zero-order valence-electron chi connectivity index (χ0n) is 44.8. The normalized spacial score (nSPS) is 13.2. The molecule has 9 heteroatoms. The molecule has 68 heavy (non-hydrogen) atoms. The Morgan fingerprint density at radius 3 is 1.26 bits per heavy atom. The number of hydrogen-bond acceptors (Lipinski definition) is 7. The maximum atomic E-state index is 12.9. The summed E-state index contributed by atoms with van der Waals surface area (Å²) in [7, 11) is 5.96. The van der Waals surface area contributed by atoms with Gasteiger partial charge in [-0.1, -0.05) is 209 Å². The highest BCUT2D eigenvalue weighted by molar-refractivity contribution is 5.71. The number of carbonyl (C=O) groups is 3. The number of carbonyl (C=O) groups excluding carboxylic acids is 2. The van der Waals surface area contributed by atoms with Crippen molar-refractivity contribution in [3.8, 4) is 0 Å². The molecule has 0 radical (unpaired) electrons. The van der Waals surface area contributed by atoms with E-state index in [1.54, 1.807) is 0 Å². The van der Waals surface area contributed by atoms with Gasteiger partial charge in [-0.25, -0.2) is 4.79 Å². The third-order valence-corrected chi connectivity index (χ3v) is 12.0. The van der Waals surface area contributed by atoms with E-state index in [1.807, 2.05) is 21.1 Å². The van der Waals surface area contributed by atoms with E-state index in [4.69, 9.17) is 18.9 Å². The first-order valence-electron chi connectivity index (χ1n) is 28.0. The summed E-state index contributed by atoms with van der Waals surface area (Å²) in [6.07, 6.45) is 60.1. The minimum absolute atomic E-state index is 0.185. The molecule has 0 aliphatic heterocycles. The molecule has 0 bridgehead atoms. The zero-order valence-corrected chi connectivity index (χ0v) is 44.8. The molecule has 9 nitrogen and oxygen atoms in total. The number of hydrogen-bond donors (Lipinski definition) is 1. The van der Waals surface area contributed by atoms with Crippen molar-refractivity contribution in [1.29, 1.82) is 0 Å². The molecule has 0 saturated carbocycles. The second-order valence-electron chi connectivity index (χ2n) is 19.9. The van der Waals surface area contributed by atoms with Gasteiger partial charge in [0, 0.05) is 12.8 Å². The smallest absolute Gasteiger partial charge is 0.361 e. The Labute approximate surface area is 418 Å². The van der Waals surface area contributed by atoms with Crippen LogP contribution in [0.2, 0.25) is 0 Å². The molecule has 0 fully saturated rings. The van der Waals surface area contributed by atoms with Gasteiger partial charge in [-0.15, -0.1) is 0 Å². The van der Waals surface area contributed by atoms with Gasteiger partial charge in [-0.2, -0.15) is 0 Å². The number of allylic oxidation sites excluding steroid dienone is 10. The molecule has 0 aliphatic rings. The number of esters is 2. The molecule has 394 valence electrons. The Bertz CT molecular complexity index is 1300. The lowest BCUT2D eigenvalue weighted by Gasteiger charge is -2.25. The summed E-state index contributed by atoms with van der Waals surface area (Å²) >= 11 is 0. The van der Waals surface area contributed by atoms with Crippen LogP contribution in [0.15, 0.2) is 60.8 Å². The van der Waals surface area contributed by atoms with Crippen LogP contribution < -0.4 is 0 Å². The van der Waals surface area contributed by atoms with Gasteiger partial charge in [0.25, 0.3) is 6.29 Å². The van der Waals surface area contributed by atoms with E-state index in [-0.39, 0.29) is 32.2 Å². The van der Waals surface area contributed by atoms with Gasteiger partial charge in [0.1, 0.15) is 13.2 Å². The van der Waals surface area contributed by atoms with Gasteiger partial charge in [0.05, 0.1) is 34.4 Å². The standard InChI is InChI=1S/C59H105NO8/c1-6-8-10-12-14-16-18-20-22-24-25-26-27-28-29-30-31-32-33-34-36-38-40-42-44-46-48-50-57(62)68-55(54-67-59(58(63)64)65-52-51-60(3,4)5)53-66-56(61)49-47-45-43-41-39-37-35-23-21-19-17-15-13-11-9-7-2/h8,10,14,16,20,22-23,25-26,35,55,59H,6-7,9,11-13,15,17-19,21,24,27-34,36-54H2,1-5H3/p+1/b10-8-,16-14-,22-20-,26-25-,35-23-. The van der Waals surface area contributed by atoms with Crippen LogP contribution in [0, 0.1) is 0 Å². The molecule has 0 aliphatic carbocycles. The average Bonchev–Trinajstić information content (AvgIpc) is 3.30. The number of rotatable bonds is 51. The molecule has 0 aromatic carbocycles. The van der Waals surface area contributed by atoms with Crippen LogP contribution in [-0.2, 0) is 33.3 Å². The minimum atomic E-state index is -1.51. The van der Waals surface area contributed by atoms with Crippen molar-refractivity contribution >= 4 is 17.9 Å². The van der Waals surface area contributed by atoms with E-state index in [2.05, 4.69) is 74.6 Å². The Hall–Kier alpha value is -3.01. The summed E-state index contributed by atoms with van der Waals surface area (Å²) in [5, 5.41) is 9.69. The van der Waals surface area contributed by atoms with Crippen LogP contribution in [0.4, 0.5) is 0 Å². The van der Waals surface area contributed by atoms with Gasteiger partial charge in [0.15, 0.2) is 6.10 Å². The number of ether oxygens (including phenoxy) is 4. The molecule has 0 spiro atoms. The Balaban J connectivity index is 4.23. The quantitative estimate of drug-likeness (QED) is 0.0211. The van der Waals surface area contributed by atoms with Crippen molar-refractivity contribution in [2.24, 2.45) is 0 Å². The van der Waals surface area contributed by atoms with Crippen molar-refractivity contribution in [2.45, 2.75) is 251 Å². The lowest BCUT2D eigenvalue weighted by Crippen LogP contribution is -2.40. The second-order valence-corrected chi connectivity index (χ2v) is 19.9. The summed E-state index contributed by atoms with van der Waals surface area (Å²) < 4.78 is 22.8. The molecule has 1 N–H and O–H groups in total. The molecule has 0 aromatic heterocycles. The lowest BCUT2D eigenvalue weighted by molar-refractivity contribution is -0.870. The van der Waals surface area contributed by atoms with E-state index in [1.165, 1.54) is 128 Å². The molecule has 0 amide bonds. The van der Waals surface area contributed by atoms with Gasteiger partial charge in [0.2, 0.25) is 0 Å². The summed E-state index contributed by atoms with van der Waals surface area (Å²) in [4.78, 5) is 37.4. The molecular weight excluding hydrogens is 851 g/mol. The van der Waals surface area contributed by atoms with Crippen molar-refractivity contribution in [2.75, 3.05) is 47.5 Å². The SMILES string of the molecule is CC/C=C\C/C=C\C/C=C\C/C=C\CCCCCCCCCCCCCCCCC(=O)OC(COC(=O)CCCCCCC/C=C\CCCCCCCCC)COC(OCC[N+](C)(C)C)C(=O)O. The maximum absolute atomic E-state index is 12.9. The number of aliphatic carboxylic acids is 1. The van der Waals surface area contributed by atoms with E-state index >= 15 is 0 Å². The minimum Gasteiger partial charge on any atom is -0.477 e. The number of carboxylic acids is 1. The first kappa shape index (κ1) is 65.0. The van der Waals surface area contributed by atoms with Gasteiger partial charge in [-0.05, 0) is 77.0 Å². The van der Waals surface area contributed by atoms with Gasteiger partial charge in [-0.3, -0.25) is 9.59 Å². The second kappa shape index (κ2) is 50.4. The van der Waals surface area contributed by atoms with E-state index in [0.29, 0.717) is 17.4 Å². The molecule has 2 unspecified atom stereocenters. The van der Waals surface area contributed by atoms with Crippen LogP contribution in [0.1, 0.15) is 239 Å². The first-order valence-corrected chi connectivity index (χ1v) is 28.0. The fourth-order valence-electron chi connectivity index (χ4n) is 7.71. The predicted molar refractivity (Wildman–Crippen MR) is 286 cm³/mol. The summed E-state index contributed by atoms with van der Waals surface area (Å²) in [6, 6.07) is 0. The maximum Gasteiger partial charge on any atom is 0.361 e. The van der Waals surface area contributed by atoms with Crippen LogP contribution in [0.5, 0.6) is 0 Å². The van der Waals surface area contributed by atoms with E-state index in [0.717, 1.165) is 83.5 Å². The third kappa shape index (κ3) is 50.9. The Morgan fingerprint density at radius 2 is 0.838 bits per heavy atom. The third-order valence-electron chi connectivity index (χ3n) is 12.0. The number of unbranched alkanes of at least 4 members (excludes halogenated alkanes) is 26. The lowest BCUT2D eigenvalue weighted by atomic mass is 10.0. The highest BCUT2D eigenvalue weighted by Gasteiger charge is 2.25.